The number of rotatable bonds is 1. The standard InChI is InChI=1S/C13H19N/c1-10(2)12-6-3-5-11-9-14-8-4-7-13(11)12/h3,5-6,10,14H,4,7-9H2,1-2H3. The van der Waals surface area contributed by atoms with E-state index in [9.17, 15) is 0 Å². The van der Waals surface area contributed by atoms with Crippen LogP contribution in [0.5, 0.6) is 0 Å². The van der Waals surface area contributed by atoms with Crippen LogP contribution >= 0.6 is 0 Å². The highest BCUT2D eigenvalue weighted by Gasteiger charge is 2.12. The molecule has 0 saturated carbocycles. The molecule has 0 fully saturated rings. The van der Waals surface area contributed by atoms with Crippen molar-refractivity contribution < 1.29 is 0 Å². The lowest BCUT2D eigenvalue weighted by Crippen LogP contribution is -2.12. The maximum atomic E-state index is 3.47. The van der Waals surface area contributed by atoms with Crippen molar-refractivity contribution >= 4 is 0 Å². The van der Waals surface area contributed by atoms with E-state index in [1.807, 2.05) is 0 Å². The van der Waals surface area contributed by atoms with Crippen LogP contribution in [0.15, 0.2) is 18.2 Å². The van der Waals surface area contributed by atoms with E-state index in [0.717, 1.165) is 13.1 Å². The first kappa shape index (κ1) is 9.72. The molecule has 1 aromatic rings. The molecular weight excluding hydrogens is 170 g/mol. The fourth-order valence-corrected chi connectivity index (χ4v) is 2.28. The van der Waals surface area contributed by atoms with E-state index in [1.165, 1.54) is 18.4 Å². The van der Waals surface area contributed by atoms with Gasteiger partial charge in [-0.05, 0) is 42.0 Å². The van der Waals surface area contributed by atoms with Crippen LogP contribution in [0.4, 0.5) is 0 Å². The highest BCUT2D eigenvalue weighted by Crippen LogP contribution is 2.25. The number of fused-ring (bicyclic) bond motifs is 1. The van der Waals surface area contributed by atoms with E-state index >= 15 is 0 Å². The molecule has 0 aromatic heterocycles. The Kier molecular flexibility index (Phi) is 2.87. The largest absolute Gasteiger partial charge is 0.313 e. The zero-order chi connectivity index (χ0) is 9.97. The summed E-state index contributed by atoms with van der Waals surface area (Å²) in [5.41, 5.74) is 4.66. The van der Waals surface area contributed by atoms with Gasteiger partial charge in [-0.1, -0.05) is 32.0 Å². The van der Waals surface area contributed by atoms with Crippen LogP contribution in [0.25, 0.3) is 0 Å². The van der Waals surface area contributed by atoms with Crippen LogP contribution in [0.2, 0.25) is 0 Å². The Morgan fingerprint density at radius 1 is 1.29 bits per heavy atom. The minimum absolute atomic E-state index is 0.656. The van der Waals surface area contributed by atoms with Crippen LogP contribution in [0.1, 0.15) is 42.9 Å². The second-order valence-corrected chi connectivity index (χ2v) is 4.42. The van der Waals surface area contributed by atoms with Crippen molar-refractivity contribution in [3.8, 4) is 0 Å². The average Bonchev–Trinajstić information content (AvgIpc) is 2.41. The van der Waals surface area contributed by atoms with E-state index in [0.29, 0.717) is 5.92 Å². The van der Waals surface area contributed by atoms with Gasteiger partial charge in [-0.25, -0.2) is 0 Å². The summed E-state index contributed by atoms with van der Waals surface area (Å²) in [5, 5.41) is 3.47. The molecule has 1 N–H and O–H groups in total. The Hall–Kier alpha value is -0.820. The van der Waals surface area contributed by atoms with Gasteiger partial charge in [-0.3, -0.25) is 0 Å². The average molecular weight is 189 g/mol. The van der Waals surface area contributed by atoms with Gasteiger partial charge in [-0.15, -0.1) is 0 Å². The van der Waals surface area contributed by atoms with Crippen molar-refractivity contribution in [2.24, 2.45) is 0 Å². The first-order valence-electron chi connectivity index (χ1n) is 5.60. The van der Waals surface area contributed by atoms with Crippen LogP contribution < -0.4 is 5.32 Å². The molecule has 14 heavy (non-hydrogen) atoms. The Morgan fingerprint density at radius 3 is 2.93 bits per heavy atom. The van der Waals surface area contributed by atoms with E-state index in [-0.39, 0.29) is 0 Å². The summed E-state index contributed by atoms with van der Waals surface area (Å²) >= 11 is 0. The second-order valence-electron chi connectivity index (χ2n) is 4.42. The number of hydrogen-bond acceptors (Lipinski definition) is 1. The molecule has 0 bridgehead atoms. The lowest BCUT2D eigenvalue weighted by Gasteiger charge is -2.14. The summed E-state index contributed by atoms with van der Waals surface area (Å²) in [5.74, 6) is 0.656. The minimum Gasteiger partial charge on any atom is -0.313 e. The zero-order valence-corrected chi connectivity index (χ0v) is 9.14. The van der Waals surface area contributed by atoms with Crippen molar-refractivity contribution in [3.63, 3.8) is 0 Å². The molecule has 2 rings (SSSR count). The van der Waals surface area contributed by atoms with E-state index in [4.69, 9.17) is 0 Å². The molecule has 76 valence electrons. The molecule has 0 amide bonds. The lowest BCUT2D eigenvalue weighted by molar-refractivity contribution is 0.680. The maximum Gasteiger partial charge on any atom is 0.0208 e. The predicted molar refractivity (Wildman–Crippen MR) is 60.6 cm³/mol. The highest BCUT2D eigenvalue weighted by molar-refractivity contribution is 5.37. The Morgan fingerprint density at radius 2 is 2.14 bits per heavy atom. The van der Waals surface area contributed by atoms with Crippen molar-refractivity contribution in [3.05, 3.63) is 34.9 Å². The van der Waals surface area contributed by atoms with Gasteiger partial charge in [0.05, 0.1) is 0 Å². The quantitative estimate of drug-likeness (QED) is 0.716. The minimum atomic E-state index is 0.656. The monoisotopic (exact) mass is 189 g/mol. The Bertz CT molecular complexity index is 315. The third-order valence-electron chi connectivity index (χ3n) is 3.03. The van der Waals surface area contributed by atoms with E-state index in [2.05, 4.69) is 37.4 Å². The van der Waals surface area contributed by atoms with Gasteiger partial charge in [0.1, 0.15) is 0 Å². The summed E-state index contributed by atoms with van der Waals surface area (Å²) in [6.45, 7) is 6.78. The predicted octanol–water partition coefficient (Wildman–Crippen LogP) is 2.85. The highest BCUT2D eigenvalue weighted by atomic mass is 14.8. The molecule has 0 unspecified atom stereocenters. The fourth-order valence-electron chi connectivity index (χ4n) is 2.28. The summed E-state index contributed by atoms with van der Waals surface area (Å²) < 4.78 is 0. The summed E-state index contributed by atoms with van der Waals surface area (Å²) in [4.78, 5) is 0. The third-order valence-corrected chi connectivity index (χ3v) is 3.03. The molecule has 0 spiro atoms. The molecule has 1 aliphatic heterocycles. The van der Waals surface area contributed by atoms with Crippen LogP contribution in [-0.2, 0) is 13.0 Å². The maximum absolute atomic E-state index is 3.47. The van der Waals surface area contributed by atoms with E-state index in [1.54, 1.807) is 11.1 Å². The lowest BCUT2D eigenvalue weighted by atomic mass is 9.91. The molecule has 0 radical (unpaired) electrons. The number of benzene rings is 1. The van der Waals surface area contributed by atoms with Gasteiger partial charge < -0.3 is 5.32 Å². The molecule has 0 saturated heterocycles. The molecule has 1 heterocycles. The van der Waals surface area contributed by atoms with Crippen LogP contribution in [-0.4, -0.2) is 6.54 Å². The van der Waals surface area contributed by atoms with Gasteiger partial charge in [0.2, 0.25) is 0 Å². The molecule has 1 nitrogen and oxygen atoms in total. The SMILES string of the molecule is CC(C)c1cccc2c1CCCNC2. The second kappa shape index (κ2) is 4.14. The van der Waals surface area contributed by atoms with E-state index < -0.39 is 0 Å². The third kappa shape index (κ3) is 1.83. The smallest absolute Gasteiger partial charge is 0.0208 e. The molecule has 0 aliphatic carbocycles. The summed E-state index contributed by atoms with van der Waals surface area (Å²) in [7, 11) is 0. The molecular formula is C13H19N. The van der Waals surface area contributed by atoms with Crippen LogP contribution in [0.3, 0.4) is 0 Å². The van der Waals surface area contributed by atoms with Crippen LogP contribution in [0, 0.1) is 0 Å². The zero-order valence-electron chi connectivity index (χ0n) is 9.14. The van der Waals surface area contributed by atoms with Crippen molar-refractivity contribution in [2.45, 2.75) is 39.2 Å². The Balaban J connectivity index is 2.42. The Labute approximate surface area is 86.5 Å². The van der Waals surface area contributed by atoms with Gasteiger partial charge in [0.15, 0.2) is 0 Å². The first-order valence-corrected chi connectivity index (χ1v) is 5.60. The molecule has 1 aliphatic rings. The molecule has 1 heteroatoms. The summed E-state index contributed by atoms with van der Waals surface area (Å²) in [6.07, 6.45) is 2.52. The van der Waals surface area contributed by atoms with Gasteiger partial charge in [-0.2, -0.15) is 0 Å². The molecule has 0 atom stereocenters. The normalized spacial score (nSPS) is 16.5. The van der Waals surface area contributed by atoms with Crippen molar-refractivity contribution in [2.75, 3.05) is 6.54 Å². The topological polar surface area (TPSA) is 12.0 Å². The van der Waals surface area contributed by atoms with Crippen molar-refractivity contribution in [1.29, 1.82) is 0 Å². The van der Waals surface area contributed by atoms with Gasteiger partial charge >= 0.3 is 0 Å². The molecule has 1 aromatic carbocycles. The van der Waals surface area contributed by atoms with Gasteiger partial charge in [0, 0.05) is 6.54 Å². The number of hydrogen-bond donors (Lipinski definition) is 1. The van der Waals surface area contributed by atoms with Crippen molar-refractivity contribution in [1.82, 2.24) is 5.32 Å². The summed E-state index contributed by atoms with van der Waals surface area (Å²) in [6, 6.07) is 6.75. The van der Waals surface area contributed by atoms with Gasteiger partial charge in [0.25, 0.3) is 0 Å². The number of nitrogens with one attached hydrogen (secondary N) is 1. The first-order chi connectivity index (χ1) is 6.79. The fraction of sp³-hybridized carbons (Fsp3) is 0.538.